The smallest absolute Gasteiger partial charge is 0.0760 e. The minimum absolute atomic E-state index is 0.0296. The first-order chi connectivity index (χ1) is 8.26. The van der Waals surface area contributed by atoms with Crippen molar-refractivity contribution in [1.82, 2.24) is 4.90 Å². The molecule has 0 radical (unpaired) electrons. The minimum atomic E-state index is -0.0296. The van der Waals surface area contributed by atoms with Crippen LogP contribution in [0.3, 0.4) is 0 Å². The second-order valence-corrected chi connectivity index (χ2v) is 7.95. The third-order valence-corrected chi connectivity index (χ3v) is 4.99. The quantitative estimate of drug-likeness (QED) is 0.790. The van der Waals surface area contributed by atoms with E-state index in [1.54, 1.807) is 0 Å². The van der Waals surface area contributed by atoms with Crippen LogP contribution in [0.4, 0.5) is 0 Å². The molecule has 1 saturated carbocycles. The zero-order valence-corrected chi connectivity index (χ0v) is 13.4. The average molecular weight is 271 g/mol. The number of hydrogen-bond donors (Lipinski definition) is 1. The zero-order chi connectivity index (χ0) is 13.4. The van der Waals surface area contributed by atoms with Gasteiger partial charge in [0.05, 0.1) is 11.2 Å². The van der Waals surface area contributed by atoms with Crippen molar-refractivity contribution in [3.63, 3.8) is 0 Å². The Morgan fingerprint density at radius 2 is 1.50 bits per heavy atom. The van der Waals surface area contributed by atoms with Crippen molar-refractivity contribution in [1.29, 1.82) is 0 Å². The van der Waals surface area contributed by atoms with Crippen LogP contribution in [0.15, 0.2) is 0 Å². The van der Waals surface area contributed by atoms with E-state index in [-0.39, 0.29) is 11.2 Å². The molecule has 3 heteroatoms. The van der Waals surface area contributed by atoms with E-state index in [9.17, 15) is 0 Å². The summed E-state index contributed by atoms with van der Waals surface area (Å²) in [4.78, 5) is 2.62. The van der Waals surface area contributed by atoms with Crippen LogP contribution in [0.2, 0.25) is 0 Å². The van der Waals surface area contributed by atoms with Gasteiger partial charge in [-0.1, -0.05) is 12.8 Å². The Kier molecular flexibility index (Phi) is 4.07. The number of thiol groups is 1. The highest BCUT2D eigenvalue weighted by Gasteiger charge is 2.42. The molecule has 2 rings (SSSR count). The summed E-state index contributed by atoms with van der Waals surface area (Å²) in [5.41, 5.74) is 0.406. The summed E-state index contributed by atoms with van der Waals surface area (Å²) in [5.74, 6) is 1.03. The first-order valence-electron chi connectivity index (χ1n) is 7.29. The molecule has 0 aromatic rings. The molecule has 0 N–H and O–H groups in total. The van der Waals surface area contributed by atoms with Gasteiger partial charge in [-0.25, -0.2) is 0 Å². The van der Waals surface area contributed by atoms with Gasteiger partial charge in [0, 0.05) is 19.6 Å². The summed E-state index contributed by atoms with van der Waals surface area (Å²) in [6, 6.07) is 0. The molecule has 1 aliphatic heterocycles. The molecule has 2 aliphatic rings. The van der Waals surface area contributed by atoms with E-state index in [1.165, 1.54) is 32.2 Å². The molecule has 1 aliphatic carbocycles. The maximum Gasteiger partial charge on any atom is 0.0760 e. The topological polar surface area (TPSA) is 12.5 Å². The molecule has 0 aromatic heterocycles. The van der Waals surface area contributed by atoms with Crippen molar-refractivity contribution >= 4 is 12.6 Å². The summed E-state index contributed by atoms with van der Waals surface area (Å²) in [6.45, 7) is 12.1. The number of hydrogen-bond acceptors (Lipinski definition) is 3. The molecule has 0 spiro atoms. The van der Waals surface area contributed by atoms with Crippen molar-refractivity contribution in [3.8, 4) is 0 Å². The summed E-state index contributed by atoms with van der Waals surface area (Å²) in [5, 5.41) is 0. The van der Waals surface area contributed by atoms with Crippen molar-refractivity contribution in [2.24, 2.45) is 5.41 Å². The van der Waals surface area contributed by atoms with E-state index in [2.05, 4.69) is 45.2 Å². The predicted octanol–water partition coefficient (Wildman–Crippen LogP) is 3.37. The molecule has 0 amide bonds. The van der Waals surface area contributed by atoms with Gasteiger partial charge in [-0.05, 0) is 51.7 Å². The van der Waals surface area contributed by atoms with Crippen molar-refractivity contribution in [3.05, 3.63) is 0 Å². The molecule has 18 heavy (non-hydrogen) atoms. The summed E-state index contributed by atoms with van der Waals surface area (Å²) in [6.07, 6.45) is 5.48. The summed E-state index contributed by atoms with van der Waals surface area (Å²) in [7, 11) is 0. The first-order valence-corrected chi connectivity index (χ1v) is 7.93. The lowest BCUT2D eigenvalue weighted by molar-refractivity contribution is -0.184. The van der Waals surface area contributed by atoms with Gasteiger partial charge in [-0.2, -0.15) is 12.6 Å². The summed E-state index contributed by atoms with van der Waals surface area (Å²) < 4.78 is 6.16. The predicted molar refractivity (Wildman–Crippen MR) is 80.4 cm³/mol. The molecule has 1 saturated heterocycles. The highest BCUT2D eigenvalue weighted by Crippen LogP contribution is 2.41. The first kappa shape index (κ1) is 14.7. The van der Waals surface area contributed by atoms with E-state index < -0.39 is 0 Å². The van der Waals surface area contributed by atoms with Gasteiger partial charge in [0.1, 0.15) is 0 Å². The second-order valence-electron chi connectivity index (χ2n) is 7.63. The van der Waals surface area contributed by atoms with Crippen LogP contribution >= 0.6 is 12.6 Å². The van der Waals surface area contributed by atoms with Crippen LogP contribution in [0, 0.1) is 5.41 Å². The Labute approximate surface area is 118 Å². The van der Waals surface area contributed by atoms with E-state index in [0.29, 0.717) is 5.41 Å². The molecule has 106 valence electrons. The lowest BCUT2D eigenvalue weighted by atomic mass is 9.86. The lowest BCUT2D eigenvalue weighted by Crippen LogP contribution is -2.59. The molecule has 0 unspecified atom stereocenters. The fourth-order valence-corrected chi connectivity index (χ4v) is 4.44. The second kappa shape index (κ2) is 4.99. The van der Waals surface area contributed by atoms with Crippen molar-refractivity contribution < 1.29 is 4.74 Å². The van der Waals surface area contributed by atoms with Crippen LogP contribution in [0.5, 0.6) is 0 Å². The van der Waals surface area contributed by atoms with Crippen LogP contribution in [-0.2, 0) is 4.74 Å². The Morgan fingerprint density at radius 1 is 1.00 bits per heavy atom. The van der Waals surface area contributed by atoms with Crippen molar-refractivity contribution in [2.75, 3.05) is 25.4 Å². The maximum atomic E-state index is 6.16. The molecule has 0 atom stereocenters. The number of ether oxygens (including phenoxy) is 1. The normalized spacial score (nSPS) is 30.5. The van der Waals surface area contributed by atoms with E-state index in [0.717, 1.165) is 18.8 Å². The Morgan fingerprint density at radius 3 is 1.94 bits per heavy atom. The van der Waals surface area contributed by atoms with Gasteiger partial charge in [-0.15, -0.1) is 0 Å². The molecule has 2 fully saturated rings. The molecular weight excluding hydrogens is 242 g/mol. The zero-order valence-electron chi connectivity index (χ0n) is 12.5. The Hall–Kier alpha value is 0.270. The lowest BCUT2D eigenvalue weighted by Gasteiger charge is -2.49. The molecule has 1 heterocycles. The number of rotatable bonds is 3. The third kappa shape index (κ3) is 3.43. The molecule has 2 nitrogen and oxygen atoms in total. The van der Waals surface area contributed by atoms with Gasteiger partial charge >= 0.3 is 0 Å². The monoisotopic (exact) mass is 271 g/mol. The fraction of sp³-hybridized carbons (Fsp3) is 1.00. The van der Waals surface area contributed by atoms with Crippen molar-refractivity contribution in [2.45, 2.75) is 64.6 Å². The Bertz CT molecular complexity index is 279. The highest BCUT2D eigenvalue weighted by atomic mass is 32.1. The van der Waals surface area contributed by atoms with Crippen LogP contribution in [0.25, 0.3) is 0 Å². The molecular formula is C15H29NOS. The van der Waals surface area contributed by atoms with E-state index >= 15 is 0 Å². The van der Waals surface area contributed by atoms with E-state index in [1.807, 2.05) is 0 Å². The standard InChI is InChI=1S/C15H29NOS/c1-13(2)9-16(10-14(3,4)17-13)11-15(12-18)7-5-6-8-15/h18H,5-12H2,1-4H3. The van der Waals surface area contributed by atoms with Gasteiger partial charge in [0.15, 0.2) is 0 Å². The van der Waals surface area contributed by atoms with Gasteiger partial charge < -0.3 is 4.74 Å². The highest BCUT2D eigenvalue weighted by molar-refractivity contribution is 7.80. The van der Waals surface area contributed by atoms with Gasteiger partial charge in [0.2, 0.25) is 0 Å². The number of morpholine rings is 1. The Balaban J connectivity index is 2.04. The summed E-state index contributed by atoms with van der Waals surface area (Å²) >= 11 is 4.63. The fourth-order valence-electron chi connectivity index (χ4n) is 4.02. The largest absolute Gasteiger partial charge is 0.367 e. The molecule has 0 bridgehead atoms. The SMILES string of the molecule is CC1(C)CN(CC2(CS)CCCC2)CC(C)(C)O1. The van der Waals surface area contributed by atoms with Gasteiger partial charge in [0.25, 0.3) is 0 Å². The van der Waals surface area contributed by atoms with E-state index in [4.69, 9.17) is 4.74 Å². The van der Waals surface area contributed by atoms with Crippen LogP contribution in [0.1, 0.15) is 53.4 Å². The van der Waals surface area contributed by atoms with Gasteiger partial charge in [-0.3, -0.25) is 4.90 Å². The third-order valence-electron chi connectivity index (χ3n) is 4.32. The maximum absolute atomic E-state index is 6.16. The van der Waals surface area contributed by atoms with Crippen LogP contribution in [-0.4, -0.2) is 41.5 Å². The number of nitrogens with zero attached hydrogens (tertiary/aromatic N) is 1. The minimum Gasteiger partial charge on any atom is -0.367 e. The average Bonchev–Trinajstić information content (AvgIpc) is 2.61. The molecule has 0 aromatic carbocycles. The van der Waals surface area contributed by atoms with Crippen LogP contribution < -0.4 is 0 Å².